The topological polar surface area (TPSA) is 47.9 Å². The van der Waals surface area contributed by atoms with Gasteiger partial charge in [-0.3, -0.25) is 0 Å². The molecule has 2 unspecified atom stereocenters. The first-order valence-electron chi connectivity index (χ1n) is 6.12. The van der Waals surface area contributed by atoms with Crippen LogP contribution in [0.2, 0.25) is 0 Å². The third kappa shape index (κ3) is 10.4. The van der Waals surface area contributed by atoms with Gasteiger partial charge in [-0.05, 0) is 26.7 Å². The Kier molecular flexibility index (Phi) is 11.2. The number of rotatable bonds is 11. The summed E-state index contributed by atoms with van der Waals surface area (Å²) in [6.07, 6.45) is 2.37. The lowest BCUT2D eigenvalue weighted by atomic mass is 10.3. The van der Waals surface area contributed by atoms with E-state index in [9.17, 15) is 0 Å². The summed E-state index contributed by atoms with van der Waals surface area (Å²) in [7, 11) is 0. The van der Waals surface area contributed by atoms with E-state index >= 15 is 0 Å². The molecule has 0 amide bonds. The Morgan fingerprint density at radius 3 is 2.12 bits per heavy atom. The van der Waals surface area contributed by atoms with Crippen molar-refractivity contribution in [3.8, 4) is 0 Å². The summed E-state index contributed by atoms with van der Waals surface area (Å²) in [4.78, 5) is 0. The van der Waals surface area contributed by atoms with Crippen molar-refractivity contribution < 1.29 is 19.3 Å². The van der Waals surface area contributed by atoms with Crippen LogP contribution < -0.4 is 0 Å². The molecule has 98 valence electrons. The molecule has 0 aromatic rings. The molecule has 0 aliphatic rings. The van der Waals surface area contributed by atoms with E-state index in [2.05, 4.69) is 13.8 Å². The quantitative estimate of drug-likeness (QED) is 0.552. The minimum absolute atomic E-state index is 0.0813. The molecule has 0 aliphatic heterocycles. The molecule has 0 saturated heterocycles. The summed E-state index contributed by atoms with van der Waals surface area (Å²) in [6, 6.07) is 0. The van der Waals surface area contributed by atoms with Gasteiger partial charge in [-0.2, -0.15) is 0 Å². The maximum Gasteiger partial charge on any atom is 0.0704 e. The first kappa shape index (κ1) is 15.8. The minimum atomic E-state index is 0.0813. The van der Waals surface area contributed by atoms with Gasteiger partial charge in [0.25, 0.3) is 0 Å². The average Bonchev–Trinajstić information content (AvgIpc) is 2.30. The van der Waals surface area contributed by atoms with Gasteiger partial charge in [-0.15, -0.1) is 0 Å². The van der Waals surface area contributed by atoms with Crippen LogP contribution in [0.25, 0.3) is 0 Å². The summed E-state index contributed by atoms with van der Waals surface area (Å²) in [6.45, 7) is 8.59. The highest BCUT2D eigenvalue weighted by Gasteiger charge is 2.03. The van der Waals surface area contributed by atoms with Crippen LogP contribution in [0.15, 0.2) is 0 Å². The van der Waals surface area contributed by atoms with Crippen LogP contribution in [0, 0.1) is 0 Å². The molecule has 0 fully saturated rings. The molecule has 2 atom stereocenters. The highest BCUT2D eigenvalue weighted by Crippen LogP contribution is 1.99. The SMILES string of the molecule is CCC(C)OCCOC(C)CCOCCO. The molecular formula is C12H26O4. The van der Waals surface area contributed by atoms with Crippen LogP contribution in [-0.4, -0.2) is 50.3 Å². The van der Waals surface area contributed by atoms with Gasteiger partial charge in [0.1, 0.15) is 0 Å². The lowest BCUT2D eigenvalue weighted by Crippen LogP contribution is -2.17. The van der Waals surface area contributed by atoms with E-state index in [-0.39, 0.29) is 12.7 Å². The molecule has 4 heteroatoms. The molecule has 4 nitrogen and oxygen atoms in total. The van der Waals surface area contributed by atoms with E-state index in [1.54, 1.807) is 0 Å². The van der Waals surface area contributed by atoms with Gasteiger partial charge in [0.15, 0.2) is 0 Å². The minimum Gasteiger partial charge on any atom is -0.394 e. The van der Waals surface area contributed by atoms with Crippen molar-refractivity contribution in [2.24, 2.45) is 0 Å². The van der Waals surface area contributed by atoms with Crippen LogP contribution in [-0.2, 0) is 14.2 Å². The molecule has 0 heterocycles. The van der Waals surface area contributed by atoms with E-state index in [1.807, 2.05) is 6.92 Å². The second kappa shape index (κ2) is 11.3. The molecule has 0 bridgehead atoms. The van der Waals surface area contributed by atoms with Gasteiger partial charge in [0, 0.05) is 6.61 Å². The predicted molar refractivity (Wildman–Crippen MR) is 63.6 cm³/mol. The van der Waals surface area contributed by atoms with Gasteiger partial charge < -0.3 is 19.3 Å². The van der Waals surface area contributed by atoms with Gasteiger partial charge >= 0.3 is 0 Å². The molecule has 0 rings (SSSR count). The van der Waals surface area contributed by atoms with E-state index in [0.29, 0.717) is 32.5 Å². The maximum absolute atomic E-state index is 8.51. The Morgan fingerprint density at radius 2 is 1.56 bits per heavy atom. The molecular weight excluding hydrogens is 208 g/mol. The Hall–Kier alpha value is -0.160. The second-order valence-electron chi connectivity index (χ2n) is 3.90. The van der Waals surface area contributed by atoms with Crippen LogP contribution >= 0.6 is 0 Å². The van der Waals surface area contributed by atoms with E-state index in [0.717, 1.165) is 12.8 Å². The zero-order chi connectivity index (χ0) is 12.2. The van der Waals surface area contributed by atoms with Crippen molar-refractivity contribution in [1.82, 2.24) is 0 Å². The van der Waals surface area contributed by atoms with Crippen molar-refractivity contribution in [2.45, 2.75) is 45.8 Å². The monoisotopic (exact) mass is 234 g/mol. The Bertz CT molecular complexity index is 141. The van der Waals surface area contributed by atoms with Crippen molar-refractivity contribution in [2.75, 3.05) is 33.0 Å². The first-order chi connectivity index (χ1) is 7.70. The molecule has 0 radical (unpaired) electrons. The van der Waals surface area contributed by atoms with Crippen molar-refractivity contribution in [3.05, 3.63) is 0 Å². The van der Waals surface area contributed by atoms with Crippen LogP contribution in [0.5, 0.6) is 0 Å². The van der Waals surface area contributed by atoms with E-state index in [4.69, 9.17) is 19.3 Å². The average molecular weight is 234 g/mol. The molecule has 0 spiro atoms. The fourth-order valence-electron chi connectivity index (χ4n) is 1.12. The molecule has 1 N–H and O–H groups in total. The predicted octanol–water partition coefficient (Wildman–Crippen LogP) is 1.61. The van der Waals surface area contributed by atoms with Gasteiger partial charge in [0.05, 0.1) is 38.6 Å². The summed E-state index contributed by atoms with van der Waals surface area (Å²) in [5.41, 5.74) is 0. The normalized spacial score (nSPS) is 15.0. The molecule has 0 saturated carbocycles. The number of hydrogen-bond donors (Lipinski definition) is 1. The Labute approximate surface area is 98.9 Å². The van der Waals surface area contributed by atoms with Crippen molar-refractivity contribution in [3.63, 3.8) is 0 Å². The number of ether oxygens (including phenoxy) is 3. The highest BCUT2D eigenvalue weighted by atomic mass is 16.5. The summed E-state index contributed by atoms with van der Waals surface area (Å²) < 4.78 is 16.2. The molecule has 0 aliphatic carbocycles. The Morgan fingerprint density at radius 1 is 0.938 bits per heavy atom. The van der Waals surface area contributed by atoms with Crippen LogP contribution in [0.3, 0.4) is 0 Å². The lowest BCUT2D eigenvalue weighted by molar-refractivity contribution is -0.0237. The van der Waals surface area contributed by atoms with Crippen LogP contribution in [0.1, 0.15) is 33.6 Å². The zero-order valence-electron chi connectivity index (χ0n) is 10.8. The molecule has 16 heavy (non-hydrogen) atoms. The molecule has 0 aromatic carbocycles. The van der Waals surface area contributed by atoms with E-state index in [1.165, 1.54) is 0 Å². The second-order valence-corrected chi connectivity index (χ2v) is 3.90. The van der Waals surface area contributed by atoms with Crippen molar-refractivity contribution >= 4 is 0 Å². The Balaban J connectivity index is 3.20. The van der Waals surface area contributed by atoms with Gasteiger partial charge in [0.2, 0.25) is 0 Å². The van der Waals surface area contributed by atoms with Gasteiger partial charge in [-0.1, -0.05) is 6.92 Å². The fourth-order valence-corrected chi connectivity index (χ4v) is 1.12. The van der Waals surface area contributed by atoms with Gasteiger partial charge in [-0.25, -0.2) is 0 Å². The third-order valence-electron chi connectivity index (χ3n) is 2.37. The number of aliphatic hydroxyl groups is 1. The standard InChI is InChI=1S/C12H26O4/c1-4-11(2)15-9-10-16-12(3)5-7-14-8-6-13/h11-13H,4-10H2,1-3H3. The van der Waals surface area contributed by atoms with Crippen molar-refractivity contribution in [1.29, 1.82) is 0 Å². The van der Waals surface area contributed by atoms with E-state index < -0.39 is 0 Å². The third-order valence-corrected chi connectivity index (χ3v) is 2.37. The number of hydrogen-bond acceptors (Lipinski definition) is 4. The smallest absolute Gasteiger partial charge is 0.0704 e. The summed E-state index contributed by atoms with van der Waals surface area (Å²) in [5.74, 6) is 0. The maximum atomic E-state index is 8.51. The highest BCUT2D eigenvalue weighted by molar-refractivity contribution is 4.50. The fraction of sp³-hybridized carbons (Fsp3) is 1.00. The zero-order valence-corrected chi connectivity index (χ0v) is 10.8. The molecule has 0 aromatic heterocycles. The van der Waals surface area contributed by atoms with Crippen LogP contribution in [0.4, 0.5) is 0 Å². The first-order valence-corrected chi connectivity index (χ1v) is 6.12. The summed E-state index contributed by atoms with van der Waals surface area (Å²) >= 11 is 0. The lowest BCUT2D eigenvalue weighted by Gasteiger charge is -2.15. The summed E-state index contributed by atoms with van der Waals surface area (Å²) in [5, 5.41) is 8.51. The largest absolute Gasteiger partial charge is 0.394 e. The number of aliphatic hydroxyl groups excluding tert-OH is 1.